The summed E-state index contributed by atoms with van der Waals surface area (Å²) < 4.78 is 42.9. The van der Waals surface area contributed by atoms with Crippen molar-refractivity contribution in [3.8, 4) is 0 Å². The monoisotopic (exact) mass is 466 g/mol. The van der Waals surface area contributed by atoms with Gasteiger partial charge in [0.05, 0.1) is 23.1 Å². The van der Waals surface area contributed by atoms with E-state index in [4.69, 9.17) is 5.73 Å². The summed E-state index contributed by atoms with van der Waals surface area (Å²) in [5.41, 5.74) is 10.2. The Morgan fingerprint density at radius 3 is 2.24 bits per heavy atom. The molecule has 4 aromatic rings. The number of hydrogen-bond acceptors (Lipinski definition) is 3. The molecule has 0 spiro atoms. The Hall–Kier alpha value is -3.74. The first-order valence-electron chi connectivity index (χ1n) is 11.1. The molecule has 0 unspecified atom stereocenters. The number of nitrogens with two attached hydrogens (primary N) is 1. The number of aryl methyl sites for hydroxylation is 2. The quantitative estimate of drug-likeness (QED) is 0.322. The molecular formula is C27H29F3N4. The van der Waals surface area contributed by atoms with Crippen molar-refractivity contribution < 1.29 is 13.2 Å². The van der Waals surface area contributed by atoms with Crippen LogP contribution in [0.5, 0.6) is 0 Å². The maximum Gasteiger partial charge on any atom is 0.416 e. The summed E-state index contributed by atoms with van der Waals surface area (Å²) in [7, 11) is 0. The smallest absolute Gasteiger partial charge is 0.399 e. The summed E-state index contributed by atoms with van der Waals surface area (Å²) in [6.45, 7) is 11.4. The average molecular weight is 467 g/mol. The van der Waals surface area contributed by atoms with Gasteiger partial charge in [-0.3, -0.25) is 0 Å². The second-order valence-corrected chi connectivity index (χ2v) is 7.90. The van der Waals surface area contributed by atoms with Crippen LogP contribution in [-0.4, -0.2) is 9.55 Å². The van der Waals surface area contributed by atoms with E-state index in [0.717, 1.165) is 16.8 Å². The van der Waals surface area contributed by atoms with Gasteiger partial charge in [0.1, 0.15) is 0 Å². The predicted molar refractivity (Wildman–Crippen MR) is 134 cm³/mol. The Labute approximate surface area is 197 Å². The molecular weight excluding hydrogens is 437 g/mol. The van der Waals surface area contributed by atoms with E-state index in [1.165, 1.54) is 12.1 Å². The summed E-state index contributed by atoms with van der Waals surface area (Å²) in [4.78, 5) is 4.65. The lowest BCUT2D eigenvalue weighted by Crippen LogP contribution is -2.13. The number of alkyl halides is 3. The average Bonchev–Trinajstić information content (AvgIpc) is 3.13. The third-order valence-corrected chi connectivity index (χ3v) is 5.33. The van der Waals surface area contributed by atoms with Crippen molar-refractivity contribution in [2.24, 2.45) is 5.73 Å². The fourth-order valence-corrected chi connectivity index (χ4v) is 3.61. The largest absolute Gasteiger partial charge is 0.416 e. The van der Waals surface area contributed by atoms with Crippen molar-refractivity contribution in [3.63, 3.8) is 0 Å². The van der Waals surface area contributed by atoms with Crippen molar-refractivity contribution in [2.75, 3.05) is 5.32 Å². The van der Waals surface area contributed by atoms with Gasteiger partial charge in [-0.15, -0.1) is 0 Å². The van der Waals surface area contributed by atoms with Crippen molar-refractivity contribution >= 4 is 28.4 Å². The van der Waals surface area contributed by atoms with Crippen LogP contribution in [-0.2, 0) is 12.7 Å². The number of hydrogen-bond donors (Lipinski definition) is 2. The number of benzene rings is 3. The molecule has 0 bridgehead atoms. The van der Waals surface area contributed by atoms with E-state index in [9.17, 15) is 13.2 Å². The molecule has 7 heteroatoms. The molecule has 0 saturated carbocycles. The van der Waals surface area contributed by atoms with Crippen molar-refractivity contribution in [3.05, 3.63) is 95.1 Å². The number of anilines is 2. The molecule has 34 heavy (non-hydrogen) atoms. The van der Waals surface area contributed by atoms with E-state index < -0.39 is 11.7 Å². The Morgan fingerprint density at radius 1 is 0.971 bits per heavy atom. The molecule has 1 aromatic heterocycles. The number of rotatable bonds is 5. The highest BCUT2D eigenvalue weighted by Gasteiger charge is 2.33. The SMILES string of the molecule is C=C(N)c1ccc2c(c1)nc(Nc1ccc(C)cc1)n2Cc1ccc(C)cc1C(F)(F)F.CC. The van der Waals surface area contributed by atoms with Gasteiger partial charge in [-0.25, -0.2) is 4.98 Å². The van der Waals surface area contributed by atoms with Crippen LogP contribution in [0.15, 0.2) is 67.2 Å². The first-order chi connectivity index (χ1) is 16.1. The maximum absolute atomic E-state index is 13.7. The molecule has 3 aromatic carbocycles. The highest BCUT2D eigenvalue weighted by Crippen LogP contribution is 2.34. The maximum atomic E-state index is 13.7. The predicted octanol–water partition coefficient (Wildman–Crippen LogP) is 7.42. The Bertz CT molecular complexity index is 1300. The van der Waals surface area contributed by atoms with Gasteiger partial charge in [-0.2, -0.15) is 13.2 Å². The fourth-order valence-electron chi connectivity index (χ4n) is 3.61. The van der Waals surface area contributed by atoms with Crippen molar-refractivity contribution in [1.29, 1.82) is 0 Å². The highest BCUT2D eigenvalue weighted by molar-refractivity contribution is 5.83. The minimum absolute atomic E-state index is 0.00271. The van der Waals surface area contributed by atoms with Crippen molar-refractivity contribution in [2.45, 2.75) is 40.4 Å². The number of nitrogens with zero attached hydrogens (tertiary/aromatic N) is 2. The summed E-state index contributed by atoms with van der Waals surface area (Å²) in [5.74, 6) is 0.442. The second-order valence-electron chi connectivity index (χ2n) is 7.90. The van der Waals surface area contributed by atoms with Gasteiger partial charge in [-0.05, 0) is 55.3 Å². The normalized spacial score (nSPS) is 11.1. The molecule has 0 atom stereocenters. The van der Waals surface area contributed by atoms with Gasteiger partial charge in [-0.1, -0.05) is 61.9 Å². The molecule has 178 valence electrons. The van der Waals surface area contributed by atoms with Gasteiger partial charge >= 0.3 is 6.18 Å². The van der Waals surface area contributed by atoms with Crippen LogP contribution in [0, 0.1) is 13.8 Å². The third-order valence-electron chi connectivity index (χ3n) is 5.33. The van der Waals surface area contributed by atoms with Crippen LogP contribution in [0.1, 0.15) is 41.7 Å². The zero-order valence-corrected chi connectivity index (χ0v) is 19.8. The Morgan fingerprint density at radius 2 is 1.62 bits per heavy atom. The number of halogens is 3. The Kier molecular flexibility index (Phi) is 7.35. The molecule has 0 aliphatic carbocycles. The number of nitrogens with one attached hydrogen (secondary N) is 1. The first kappa shape index (κ1) is 24.9. The molecule has 0 aliphatic heterocycles. The summed E-state index contributed by atoms with van der Waals surface area (Å²) >= 11 is 0. The second kappa shape index (κ2) is 10.0. The molecule has 3 N–H and O–H groups in total. The molecule has 0 fully saturated rings. The van der Waals surface area contributed by atoms with Crippen LogP contribution in [0.4, 0.5) is 24.8 Å². The summed E-state index contributed by atoms with van der Waals surface area (Å²) in [6.07, 6.45) is -4.45. The summed E-state index contributed by atoms with van der Waals surface area (Å²) in [5, 5.41) is 3.24. The van der Waals surface area contributed by atoms with E-state index in [1.54, 1.807) is 35.8 Å². The van der Waals surface area contributed by atoms with E-state index in [0.29, 0.717) is 28.2 Å². The molecule has 0 radical (unpaired) electrons. The zero-order valence-electron chi connectivity index (χ0n) is 19.8. The Balaban J connectivity index is 0.00000158. The fraction of sp³-hybridized carbons (Fsp3) is 0.222. The minimum Gasteiger partial charge on any atom is -0.399 e. The molecule has 1 heterocycles. The molecule has 4 rings (SSSR count). The number of aromatic nitrogens is 2. The van der Waals surface area contributed by atoms with Gasteiger partial charge in [0.25, 0.3) is 0 Å². The molecule has 4 nitrogen and oxygen atoms in total. The lowest BCUT2D eigenvalue weighted by Gasteiger charge is -2.16. The van der Waals surface area contributed by atoms with Gasteiger partial charge in [0.2, 0.25) is 5.95 Å². The van der Waals surface area contributed by atoms with E-state index in [1.807, 2.05) is 45.0 Å². The third kappa shape index (κ3) is 5.42. The number of imidazole rings is 1. The van der Waals surface area contributed by atoms with Crippen LogP contribution >= 0.6 is 0 Å². The van der Waals surface area contributed by atoms with Crippen LogP contribution in [0.2, 0.25) is 0 Å². The summed E-state index contributed by atoms with van der Waals surface area (Å²) in [6, 6.07) is 17.5. The van der Waals surface area contributed by atoms with E-state index >= 15 is 0 Å². The van der Waals surface area contributed by atoms with Crippen LogP contribution < -0.4 is 11.1 Å². The highest BCUT2D eigenvalue weighted by atomic mass is 19.4. The standard InChI is InChI=1S/C25H23F3N4.C2H6/c1-15-5-9-20(10-6-15)30-24-31-22-13-18(17(3)29)8-11-23(22)32(24)14-19-7-4-16(2)12-21(19)25(26,27)28;1-2/h4-13H,3,14,29H2,1-2H3,(H,30,31);1-2H3. The van der Waals surface area contributed by atoms with Gasteiger partial charge in [0, 0.05) is 11.4 Å². The molecule has 0 saturated heterocycles. The minimum atomic E-state index is -4.45. The lowest BCUT2D eigenvalue weighted by atomic mass is 10.0. The number of fused-ring (bicyclic) bond motifs is 1. The van der Waals surface area contributed by atoms with E-state index in [-0.39, 0.29) is 12.1 Å². The molecule has 0 amide bonds. The zero-order chi connectivity index (χ0) is 25.0. The van der Waals surface area contributed by atoms with Crippen LogP contribution in [0.25, 0.3) is 16.7 Å². The molecule has 0 aliphatic rings. The van der Waals surface area contributed by atoms with E-state index in [2.05, 4.69) is 16.9 Å². The first-order valence-corrected chi connectivity index (χ1v) is 11.1. The van der Waals surface area contributed by atoms with Crippen LogP contribution in [0.3, 0.4) is 0 Å². The van der Waals surface area contributed by atoms with Gasteiger partial charge in [0.15, 0.2) is 0 Å². The van der Waals surface area contributed by atoms with Crippen molar-refractivity contribution in [1.82, 2.24) is 9.55 Å². The topological polar surface area (TPSA) is 55.9 Å². The lowest BCUT2D eigenvalue weighted by molar-refractivity contribution is -0.138. The van der Waals surface area contributed by atoms with Gasteiger partial charge < -0.3 is 15.6 Å².